The molecule has 0 aromatic carbocycles. The van der Waals surface area contributed by atoms with Gasteiger partial charge in [0.05, 0.1) is 18.3 Å². The minimum Gasteiger partial charge on any atom is -0.369 e. The fraction of sp³-hybridized carbons (Fsp3) is 0.588. The Kier molecular flexibility index (Phi) is 6.10. The maximum Gasteiger partial charge on any atom is 0.234 e. The van der Waals surface area contributed by atoms with Crippen molar-refractivity contribution in [2.45, 2.75) is 39.2 Å². The number of hydrogen-bond donors (Lipinski definition) is 2. The van der Waals surface area contributed by atoms with Crippen molar-refractivity contribution in [2.75, 3.05) is 19.6 Å². The van der Waals surface area contributed by atoms with Crippen LogP contribution in [0.2, 0.25) is 0 Å². The third kappa shape index (κ3) is 5.03. The minimum atomic E-state index is -0.231. The molecule has 0 radical (unpaired) electrons. The Labute approximate surface area is 137 Å². The molecule has 2 heterocycles. The van der Waals surface area contributed by atoms with Gasteiger partial charge in [0.1, 0.15) is 0 Å². The molecule has 0 spiro atoms. The molecule has 1 aromatic heterocycles. The highest BCUT2D eigenvalue weighted by Crippen LogP contribution is 2.17. The van der Waals surface area contributed by atoms with Gasteiger partial charge >= 0.3 is 0 Å². The molecule has 1 aromatic rings. The van der Waals surface area contributed by atoms with E-state index in [4.69, 9.17) is 5.73 Å². The normalized spacial score (nSPS) is 17.7. The highest BCUT2D eigenvalue weighted by molar-refractivity contribution is 5.79. The number of rotatable bonds is 6. The van der Waals surface area contributed by atoms with Crippen molar-refractivity contribution in [3.05, 3.63) is 29.6 Å². The van der Waals surface area contributed by atoms with Crippen molar-refractivity contribution in [3.63, 3.8) is 0 Å². The highest BCUT2D eigenvalue weighted by atomic mass is 16.2. The largest absolute Gasteiger partial charge is 0.369 e. The van der Waals surface area contributed by atoms with E-state index in [0.717, 1.165) is 43.6 Å². The average molecular weight is 318 g/mol. The zero-order valence-electron chi connectivity index (χ0n) is 13.9. The lowest BCUT2D eigenvalue weighted by Gasteiger charge is -2.30. The number of pyridine rings is 1. The first-order chi connectivity index (χ1) is 11.0. The molecule has 1 atom stereocenters. The first kappa shape index (κ1) is 17.4. The summed E-state index contributed by atoms with van der Waals surface area (Å²) in [5, 5.41) is 3.06. The van der Waals surface area contributed by atoms with Crippen LogP contribution in [0, 0.1) is 12.8 Å². The van der Waals surface area contributed by atoms with Crippen LogP contribution in [-0.4, -0.2) is 41.3 Å². The molecule has 6 heteroatoms. The van der Waals surface area contributed by atoms with Gasteiger partial charge in [0, 0.05) is 12.1 Å². The summed E-state index contributed by atoms with van der Waals surface area (Å²) in [6, 6.07) is 3.89. The molecule has 3 N–H and O–H groups in total. The number of amides is 2. The molecule has 2 rings (SSSR count). The Hall–Kier alpha value is -1.95. The number of nitrogens with two attached hydrogens (primary N) is 1. The number of nitrogens with zero attached hydrogens (tertiary/aromatic N) is 2. The van der Waals surface area contributed by atoms with E-state index < -0.39 is 0 Å². The second-order valence-electron chi connectivity index (χ2n) is 6.24. The average Bonchev–Trinajstić information content (AvgIpc) is 2.53. The monoisotopic (exact) mass is 318 g/mol. The summed E-state index contributed by atoms with van der Waals surface area (Å²) in [6.07, 6.45) is 4.04. The smallest absolute Gasteiger partial charge is 0.234 e. The van der Waals surface area contributed by atoms with Crippen molar-refractivity contribution >= 4 is 11.8 Å². The van der Waals surface area contributed by atoms with E-state index in [-0.39, 0.29) is 23.8 Å². The van der Waals surface area contributed by atoms with Crippen LogP contribution >= 0.6 is 0 Å². The molecule has 1 aliphatic rings. The van der Waals surface area contributed by atoms with Crippen LogP contribution in [0.5, 0.6) is 0 Å². The quantitative estimate of drug-likeness (QED) is 0.823. The lowest BCUT2D eigenvalue weighted by atomic mass is 9.96. The Balaban J connectivity index is 1.85. The molecule has 6 nitrogen and oxygen atoms in total. The number of likely N-dealkylation sites (tertiary alicyclic amines) is 1. The Morgan fingerprint density at radius 3 is 2.70 bits per heavy atom. The van der Waals surface area contributed by atoms with Crippen LogP contribution in [0.3, 0.4) is 0 Å². The van der Waals surface area contributed by atoms with Gasteiger partial charge in [-0.15, -0.1) is 0 Å². The molecular formula is C17H26N4O2. The second kappa shape index (κ2) is 8.06. The Morgan fingerprint density at radius 1 is 1.43 bits per heavy atom. The SMILES string of the molecule is CC[C@H](NC(=O)CN1CCC(C(N)=O)CC1)c1cc(C)ccn1. The molecule has 2 amide bonds. The summed E-state index contributed by atoms with van der Waals surface area (Å²) in [6.45, 7) is 5.88. The molecular weight excluding hydrogens is 292 g/mol. The lowest BCUT2D eigenvalue weighted by Crippen LogP contribution is -2.44. The van der Waals surface area contributed by atoms with Crippen LogP contribution in [0.25, 0.3) is 0 Å². The van der Waals surface area contributed by atoms with Gasteiger partial charge in [-0.2, -0.15) is 0 Å². The van der Waals surface area contributed by atoms with Crippen molar-refractivity contribution in [2.24, 2.45) is 11.7 Å². The van der Waals surface area contributed by atoms with Crippen LogP contribution in [0.4, 0.5) is 0 Å². The molecule has 1 saturated heterocycles. The number of carbonyl (C=O) groups excluding carboxylic acids is 2. The third-order valence-corrected chi connectivity index (χ3v) is 4.39. The first-order valence-corrected chi connectivity index (χ1v) is 8.23. The number of piperidine rings is 1. The maximum absolute atomic E-state index is 12.3. The second-order valence-corrected chi connectivity index (χ2v) is 6.24. The number of aromatic nitrogens is 1. The summed E-state index contributed by atoms with van der Waals surface area (Å²) in [7, 11) is 0. The van der Waals surface area contributed by atoms with Gasteiger partial charge in [-0.1, -0.05) is 6.92 Å². The summed E-state index contributed by atoms with van der Waals surface area (Å²) in [5.74, 6) is -0.280. The molecule has 0 unspecified atom stereocenters. The topological polar surface area (TPSA) is 88.3 Å². The zero-order chi connectivity index (χ0) is 16.8. The van der Waals surface area contributed by atoms with Gasteiger partial charge in [-0.25, -0.2) is 0 Å². The van der Waals surface area contributed by atoms with Crippen LogP contribution in [0.15, 0.2) is 18.3 Å². The van der Waals surface area contributed by atoms with Crippen molar-refractivity contribution in [1.82, 2.24) is 15.2 Å². The summed E-state index contributed by atoms with van der Waals surface area (Å²) >= 11 is 0. The fourth-order valence-corrected chi connectivity index (χ4v) is 2.95. The summed E-state index contributed by atoms with van der Waals surface area (Å²) in [4.78, 5) is 29.9. The van der Waals surface area contributed by atoms with Gasteiger partial charge in [-0.3, -0.25) is 19.5 Å². The van der Waals surface area contributed by atoms with E-state index in [0.29, 0.717) is 6.54 Å². The van der Waals surface area contributed by atoms with Crippen LogP contribution in [-0.2, 0) is 9.59 Å². The molecule has 0 bridgehead atoms. The number of primary amides is 1. The molecule has 23 heavy (non-hydrogen) atoms. The van der Waals surface area contributed by atoms with Crippen LogP contribution < -0.4 is 11.1 Å². The van der Waals surface area contributed by atoms with E-state index in [2.05, 4.69) is 15.2 Å². The fourth-order valence-electron chi connectivity index (χ4n) is 2.95. The number of aryl methyl sites for hydroxylation is 1. The molecule has 1 fully saturated rings. The van der Waals surface area contributed by atoms with Crippen molar-refractivity contribution < 1.29 is 9.59 Å². The lowest BCUT2D eigenvalue weighted by molar-refractivity contribution is -0.124. The number of hydrogen-bond acceptors (Lipinski definition) is 4. The Bertz CT molecular complexity index is 553. The van der Waals surface area contributed by atoms with E-state index in [1.165, 1.54) is 0 Å². The van der Waals surface area contributed by atoms with Gasteiger partial charge in [-0.05, 0) is 57.0 Å². The summed E-state index contributed by atoms with van der Waals surface area (Å²) in [5.41, 5.74) is 7.36. The van der Waals surface area contributed by atoms with E-state index in [9.17, 15) is 9.59 Å². The third-order valence-electron chi connectivity index (χ3n) is 4.39. The number of carbonyl (C=O) groups is 2. The Morgan fingerprint density at radius 2 is 2.13 bits per heavy atom. The van der Waals surface area contributed by atoms with Crippen molar-refractivity contribution in [1.29, 1.82) is 0 Å². The highest BCUT2D eigenvalue weighted by Gasteiger charge is 2.24. The predicted octanol–water partition coefficient (Wildman–Crippen LogP) is 1.15. The van der Waals surface area contributed by atoms with Crippen molar-refractivity contribution in [3.8, 4) is 0 Å². The molecule has 0 saturated carbocycles. The number of nitrogens with one attached hydrogen (secondary N) is 1. The standard InChI is InChI=1S/C17H26N4O2/c1-3-14(15-10-12(2)4-7-19-15)20-16(22)11-21-8-5-13(6-9-21)17(18)23/h4,7,10,13-14H,3,5-6,8-9,11H2,1-2H3,(H2,18,23)(H,20,22)/t14-/m0/s1. The zero-order valence-corrected chi connectivity index (χ0v) is 13.9. The molecule has 126 valence electrons. The van der Waals surface area contributed by atoms with E-state index in [1.54, 1.807) is 6.20 Å². The van der Waals surface area contributed by atoms with Gasteiger partial charge in [0.25, 0.3) is 0 Å². The molecule has 0 aliphatic carbocycles. The first-order valence-electron chi connectivity index (χ1n) is 8.23. The van der Waals surface area contributed by atoms with Gasteiger partial charge in [0.2, 0.25) is 11.8 Å². The minimum absolute atomic E-state index is 0.00215. The summed E-state index contributed by atoms with van der Waals surface area (Å²) < 4.78 is 0. The van der Waals surface area contributed by atoms with Gasteiger partial charge < -0.3 is 11.1 Å². The van der Waals surface area contributed by atoms with E-state index in [1.807, 2.05) is 26.0 Å². The van der Waals surface area contributed by atoms with Gasteiger partial charge in [0.15, 0.2) is 0 Å². The molecule has 1 aliphatic heterocycles. The maximum atomic E-state index is 12.3. The predicted molar refractivity (Wildman–Crippen MR) is 88.5 cm³/mol. The van der Waals surface area contributed by atoms with E-state index >= 15 is 0 Å². The van der Waals surface area contributed by atoms with Crippen LogP contribution in [0.1, 0.15) is 43.5 Å².